The van der Waals surface area contributed by atoms with Crippen molar-refractivity contribution in [2.45, 2.75) is 99.3 Å². The number of hydrogen-bond acceptors (Lipinski definition) is 11. The highest BCUT2D eigenvalue weighted by Gasteiger charge is 2.02. The van der Waals surface area contributed by atoms with Crippen molar-refractivity contribution in [3.63, 3.8) is 0 Å². The third kappa shape index (κ3) is 74.3. The Morgan fingerprint density at radius 1 is 0.721 bits per heavy atom. The minimum absolute atomic E-state index is 0. The molecule has 4 N–H and O–H groups in total. The highest BCUT2D eigenvalue weighted by Crippen LogP contribution is 2.01. The zero-order valence-electron chi connectivity index (χ0n) is 28.2. The van der Waals surface area contributed by atoms with E-state index >= 15 is 0 Å². The summed E-state index contributed by atoms with van der Waals surface area (Å²) in [5, 5.41) is 10.1. The van der Waals surface area contributed by atoms with E-state index in [4.69, 9.17) is 34.5 Å². The van der Waals surface area contributed by atoms with Crippen molar-refractivity contribution in [1.29, 1.82) is 0 Å². The maximum atomic E-state index is 9.77. The second-order valence-corrected chi connectivity index (χ2v) is 9.08. The fourth-order valence-corrected chi connectivity index (χ4v) is 2.70. The fraction of sp³-hybridized carbons (Fsp3) is 0.968. The van der Waals surface area contributed by atoms with Crippen LogP contribution in [0.15, 0.2) is 0 Å². The first-order valence-electron chi connectivity index (χ1n) is 13.8. The number of nitrogens with two attached hydrogens (primary N) is 1. The summed E-state index contributed by atoms with van der Waals surface area (Å²) in [5.41, 5.74) is 5.28. The van der Waals surface area contributed by atoms with Crippen LogP contribution in [0.25, 0.3) is 0 Å². The fourth-order valence-electron chi connectivity index (χ4n) is 2.70. The van der Waals surface area contributed by atoms with Crippen LogP contribution in [-0.4, -0.2) is 152 Å². The lowest BCUT2D eigenvalue weighted by atomic mass is 10.2. The largest absolute Gasteiger partial charge is 0.400 e. The number of hydrogen-bond donors (Lipinski definition) is 3. The summed E-state index contributed by atoms with van der Waals surface area (Å²) in [6.07, 6.45) is 9.20. The first-order valence-corrected chi connectivity index (χ1v) is 13.8. The van der Waals surface area contributed by atoms with Gasteiger partial charge in [0.05, 0.1) is 6.10 Å². The molecule has 0 fully saturated rings. The Bertz CT molecular complexity index is 410. The van der Waals surface area contributed by atoms with Gasteiger partial charge in [0, 0.05) is 57.5 Å². The van der Waals surface area contributed by atoms with E-state index in [9.17, 15) is 4.79 Å². The molecule has 0 aromatic carbocycles. The highest BCUT2D eigenvalue weighted by molar-refractivity contribution is 5.75. The predicted octanol–water partition coefficient (Wildman–Crippen LogP) is 3.98. The van der Waals surface area contributed by atoms with Crippen LogP contribution in [0.1, 0.15) is 80.6 Å². The Morgan fingerprint density at radius 2 is 1.12 bits per heavy atom. The standard InChI is InChI=1S/C8H19NO.C7H17NO2.C6H15NO2.C6H13NO.CH4O.3CH4.B/c1-8(10-4)6-5-7-9(2)3;1-8-6-4-5-7(9-2)10-3;1-8-6(9-2)4-3-5-7;1-7(2)5-3-4-6-8;1-2;;;;/h8H,5-7H2,1-4H3;7-8H,4-6H2,1-3H3;6H,3-5,7H2,1-2H3;6H,3-5H2,1-2H3;2H,1H3;3*1H4;. The van der Waals surface area contributed by atoms with Gasteiger partial charge in [-0.05, 0) is 113 Å². The first kappa shape index (κ1) is 65.1. The van der Waals surface area contributed by atoms with E-state index in [2.05, 4.69) is 36.1 Å². The van der Waals surface area contributed by atoms with E-state index in [1.54, 1.807) is 35.5 Å². The number of ether oxygens (including phenoxy) is 5. The van der Waals surface area contributed by atoms with Gasteiger partial charge in [0.15, 0.2) is 12.6 Å². The van der Waals surface area contributed by atoms with Crippen molar-refractivity contribution in [2.24, 2.45) is 5.73 Å². The third-order valence-electron chi connectivity index (χ3n) is 5.11. The molecule has 11 nitrogen and oxygen atoms in total. The summed E-state index contributed by atoms with van der Waals surface area (Å²) in [4.78, 5) is 14.0. The number of nitrogens with one attached hydrogen (secondary N) is 1. The van der Waals surface area contributed by atoms with Crippen molar-refractivity contribution in [3.8, 4) is 0 Å². The molecule has 3 radical (unpaired) electrons. The van der Waals surface area contributed by atoms with Gasteiger partial charge < -0.3 is 54.4 Å². The second-order valence-electron chi connectivity index (χ2n) is 9.08. The summed E-state index contributed by atoms with van der Waals surface area (Å²) in [7, 11) is 19.5. The molecule has 43 heavy (non-hydrogen) atoms. The number of aliphatic hydroxyl groups is 1. The van der Waals surface area contributed by atoms with Crippen LogP contribution in [0.3, 0.4) is 0 Å². The predicted molar refractivity (Wildman–Crippen MR) is 189 cm³/mol. The summed E-state index contributed by atoms with van der Waals surface area (Å²) in [5.74, 6) is 0. The van der Waals surface area contributed by atoms with Crippen LogP contribution < -0.4 is 11.1 Å². The minimum Gasteiger partial charge on any atom is -0.400 e. The lowest BCUT2D eigenvalue weighted by molar-refractivity contribution is -0.108. The average Bonchev–Trinajstić information content (AvgIpc) is 2.93. The van der Waals surface area contributed by atoms with E-state index in [-0.39, 0.29) is 43.3 Å². The summed E-state index contributed by atoms with van der Waals surface area (Å²) >= 11 is 0. The van der Waals surface area contributed by atoms with Crippen LogP contribution in [0.4, 0.5) is 0 Å². The molecule has 1 unspecified atom stereocenters. The molecule has 0 spiro atoms. The van der Waals surface area contributed by atoms with Crippen LogP contribution in [0, 0.1) is 0 Å². The molecular formula is C31H80BN4O7. The van der Waals surface area contributed by atoms with Crippen molar-refractivity contribution in [1.82, 2.24) is 15.1 Å². The van der Waals surface area contributed by atoms with Crippen molar-refractivity contribution < 1.29 is 33.6 Å². The summed E-state index contributed by atoms with van der Waals surface area (Å²) < 4.78 is 25.0. The lowest BCUT2D eigenvalue weighted by Crippen LogP contribution is -2.16. The average molecular weight is 632 g/mol. The highest BCUT2D eigenvalue weighted by atomic mass is 16.7. The molecule has 0 bridgehead atoms. The Hall–Kier alpha value is -0.665. The normalized spacial score (nSPS) is 10.0. The molecule has 0 aromatic heterocycles. The number of methoxy groups -OCH3 is 5. The molecule has 0 amide bonds. The van der Waals surface area contributed by atoms with Crippen LogP contribution in [0.5, 0.6) is 0 Å². The third-order valence-corrected chi connectivity index (χ3v) is 5.11. The summed E-state index contributed by atoms with van der Waals surface area (Å²) in [6, 6.07) is 0. The molecule has 0 rings (SSSR count). The molecule has 0 aromatic rings. The zero-order chi connectivity index (χ0) is 31.3. The Balaban J connectivity index is -0.0000000488. The van der Waals surface area contributed by atoms with Gasteiger partial charge in [0.2, 0.25) is 0 Å². The maximum absolute atomic E-state index is 9.77. The van der Waals surface area contributed by atoms with Crippen LogP contribution in [-0.2, 0) is 28.5 Å². The van der Waals surface area contributed by atoms with Crippen molar-refractivity contribution in [3.05, 3.63) is 0 Å². The number of nitrogens with zero attached hydrogens (tertiary/aromatic N) is 2. The van der Waals surface area contributed by atoms with Gasteiger partial charge in [-0.1, -0.05) is 22.3 Å². The molecule has 0 saturated carbocycles. The maximum Gasteiger partial charge on any atom is 0.156 e. The number of carbonyl (C=O) groups excluding carboxylic acids is 1. The number of unbranched alkanes of at least 4 members (excludes halogenated alkanes) is 1. The molecule has 12 heteroatoms. The Kier molecular flexibility index (Phi) is 91.6. The quantitative estimate of drug-likeness (QED) is 0.0782. The molecule has 0 aliphatic rings. The topological polar surface area (TPSA) is 128 Å². The van der Waals surface area contributed by atoms with Gasteiger partial charge in [-0.3, -0.25) is 0 Å². The van der Waals surface area contributed by atoms with E-state index in [1.165, 1.54) is 6.42 Å². The monoisotopic (exact) mass is 632 g/mol. The van der Waals surface area contributed by atoms with Crippen LogP contribution >= 0.6 is 0 Å². The van der Waals surface area contributed by atoms with E-state index in [0.717, 1.165) is 71.6 Å². The van der Waals surface area contributed by atoms with Crippen molar-refractivity contribution >= 4 is 14.7 Å². The second kappa shape index (κ2) is 60.5. The van der Waals surface area contributed by atoms with Gasteiger partial charge >= 0.3 is 0 Å². The van der Waals surface area contributed by atoms with E-state index in [0.29, 0.717) is 19.1 Å². The van der Waals surface area contributed by atoms with Gasteiger partial charge in [-0.25, -0.2) is 0 Å². The van der Waals surface area contributed by atoms with E-state index < -0.39 is 0 Å². The van der Waals surface area contributed by atoms with Crippen LogP contribution in [0.2, 0.25) is 0 Å². The molecule has 0 saturated heterocycles. The van der Waals surface area contributed by atoms with E-state index in [1.807, 2.05) is 21.1 Å². The van der Waals surface area contributed by atoms with Gasteiger partial charge in [0.25, 0.3) is 0 Å². The SMILES string of the molecule is C.C.C.CN(C)CCCC=O.CNCCCC(OC)OC.CO.COC(C)CCCN(C)C.COC(CCCN)OC.[B]. The number of aldehydes is 1. The Morgan fingerprint density at radius 3 is 1.42 bits per heavy atom. The number of aliphatic hydroxyl groups excluding tert-OH is 1. The summed E-state index contributed by atoms with van der Waals surface area (Å²) in [6.45, 7) is 5.99. The molecule has 1 atom stereocenters. The molecular weight excluding hydrogens is 551 g/mol. The first-order chi connectivity index (χ1) is 18.6. The smallest absolute Gasteiger partial charge is 0.156 e. The minimum atomic E-state index is -0.0754. The molecule has 269 valence electrons. The molecule has 0 aliphatic carbocycles. The molecule has 0 aliphatic heterocycles. The van der Waals surface area contributed by atoms with Gasteiger partial charge in [-0.15, -0.1) is 0 Å². The number of rotatable bonds is 20. The van der Waals surface area contributed by atoms with Crippen molar-refractivity contribution in [2.75, 3.05) is 104 Å². The zero-order valence-corrected chi connectivity index (χ0v) is 28.2. The molecule has 0 heterocycles. The van der Waals surface area contributed by atoms with Gasteiger partial charge in [0.1, 0.15) is 6.29 Å². The van der Waals surface area contributed by atoms with Gasteiger partial charge in [-0.2, -0.15) is 0 Å². The Labute approximate surface area is 272 Å². The number of carbonyl (C=O) groups is 1. The lowest BCUT2D eigenvalue weighted by Gasteiger charge is -2.12.